The molecule has 0 saturated heterocycles. The molecule has 3 rings (SSSR count). The Morgan fingerprint density at radius 1 is 1.28 bits per heavy atom. The maximum absolute atomic E-state index is 12.8. The lowest BCUT2D eigenvalue weighted by molar-refractivity contribution is 0.102. The number of hydrogen-bond donors (Lipinski definition) is 4. The summed E-state index contributed by atoms with van der Waals surface area (Å²) in [6, 6.07) is 7.65. The first-order valence-corrected chi connectivity index (χ1v) is 8.34. The van der Waals surface area contributed by atoms with Crippen molar-refractivity contribution in [3.63, 3.8) is 0 Å². The Balaban J connectivity index is 1.93. The molecule has 0 bridgehead atoms. The van der Waals surface area contributed by atoms with E-state index in [1.807, 2.05) is 31.2 Å². The predicted octanol–water partition coefficient (Wildman–Crippen LogP) is 3.22. The number of aromatic nitrogens is 2. The number of pyridine rings is 1. The maximum atomic E-state index is 12.8. The van der Waals surface area contributed by atoms with E-state index >= 15 is 0 Å². The Hall–Kier alpha value is -2.75. The molecule has 7 heteroatoms. The molecule has 0 fully saturated rings. The molecule has 0 unspecified atom stereocenters. The fourth-order valence-electron chi connectivity index (χ4n) is 2.66. The van der Waals surface area contributed by atoms with Crippen molar-refractivity contribution in [2.45, 2.75) is 6.92 Å². The highest BCUT2D eigenvalue weighted by atomic mass is 27.0. The minimum Gasteiger partial charge on any atom is -0.387 e. The maximum Gasteiger partial charge on any atom is 0.259 e. The first kappa shape index (κ1) is 17.1. The molecule has 124 valence electrons. The first-order chi connectivity index (χ1) is 12.0. The number of carbonyl (C=O) groups is 1. The van der Waals surface area contributed by atoms with Gasteiger partial charge in [0, 0.05) is 36.2 Å². The number of carbonyl (C=O) groups excluding carboxylic acids is 1. The number of rotatable bonds is 5. The Morgan fingerprint density at radius 3 is 2.80 bits per heavy atom. The van der Waals surface area contributed by atoms with Crippen molar-refractivity contribution >= 4 is 50.3 Å². The van der Waals surface area contributed by atoms with E-state index in [0.717, 1.165) is 38.2 Å². The van der Waals surface area contributed by atoms with Crippen LogP contribution in [0.3, 0.4) is 0 Å². The van der Waals surface area contributed by atoms with Crippen LogP contribution in [0.1, 0.15) is 15.9 Å². The number of anilines is 3. The minimum absolute atomic E-state index is 0.218. The van der Waals surface area contributed by atoms with Crippen LogP contribution in [0, 0.1) is 6.92 Å². The van der Waals surface area contributed by atoms with Crippen molar-refractivity contribution < 1.29 is 4.79 Å². The number of nitrogens with zero attached hydrogens (tertiary/aromatic N) is 1. The molecule has 0 aliphatic rings. The average molecular weight is 347 g/mol. The lowest BCUT2D eigenvalue weighted by Gasteiger charge is -2.14. The predicted molar refractivity (Wildman–Crippen MR) is 103 cm³/mol. The van der Waals surface area contributed by atoms with E-state index in [9.17, 15) is 4.79 Å². The van der Waals surface area contributed by atoms with Crippen molar-refractivity contribution in [3.8, 4) is 0 Å². The van der Waals surface area contributed by atoms with E-state index in [4.69, 9.17) is 0 Å². The fraction of sp³-hybridized carbons (Fsp3) is 0.111. The molecule has 2 heterocycles. The molecular weight excluding hydrogens is 329 g/mol. The molecule has 6 nitrogen and oxygen atoms in total. The average Bonchev–Trinajstić information content (AvgIpc) is 3.05. The Morgan fingerprint density at radius 2 is 2.08 bits per heavy atom. The standard InChI is InChI=1S/C18H18N5O.Al/c1-4-20-12-6-5-11(2)15(9-12)23-18(24)14-10-22-17-13(7-8-21-17)16(14)19-3;/h5-10,20H,1H2,2-3H3,(H,23,24)(H2,19,21,22);. The number of aryl methyl sites for hydroxylation is 1. The molecule has 1 amide bonds. The molecule has 0 aliphatic heterocycles. The summed E-state index contributed by atoms with van der Waals surface area (Å²) in [4.78, 5) is 20.2. The smallest absolute Gasteiger partial charge is 0.259 e. The van der Waals surface area contributed by atoms with Crippen molar-refractivity contribution in [3.05, 3.63) is 58.9 Å². The van der Waals surface area contributed by atoms with Gasteiger partial charge in [0.15, 0.2) is 0 Å². The molecule has 4 N–H and O–H groups in total. The van der Waals surface area contributed by atoms with Crippen LogP contribution in [0.25, 0.3) is 11.0 Å². The molecule has 0 saturated carbocycles. The number of hydrogen-bond acceptors (Lipinski definition) is 4. The van der Waals surface area contributed by atoms with Gasteiger partial charge in [0.05, 0.1) is 11.3 Å². The summed E-state index contributed by atoms with van der Waals surface area (Å²) in [5.41, 5.74) is 4.53. The van der Waals surface area contributed by atoms with Crippen molar-refractivity contribution in [1.82, 2.24) is 9.97 Å². The molecule has 0 atom stereocenters. The molecule has 0 spiro atoms. The Kier molecular flexibility index (Phi) is 4.79. The SMILES string of the molecule is C=[C]([Al])Nc1ccc(C)c(NC(=O)c2cnc3[nH]ccc3c2NC)c1. The summed E-state index contributed by atoms with van der Waals surface area (Å²) in [5, 5.41) is 10.1. The summed E-state index contributed by atoms with van der Waals surface area (Å²) in [5.74, 6) is -0.218. The third kappa shape index (κ3) is 3.53. The third-order valence-corrected chi connectivity index (χ3v) is 4.02. The van der Waals surface area contributed by atoms with Crippen LogP contribution in [-0.4, -0.2) is 39.2 Å². The number of nitrogens with one attached hydrogen (secondary N) is 4. The molecule has 25 heavy (non-hydrogen) atoms. The van der Waals surface area contributed by atoms with Gasteiger partial charge in [-0.25, -0.2) is 4.98 Å². The van der Waals surface area contributed by atoms with Crippen LogP contribution in [0.4, 0.5) is 17.1 Å². The quantitative estimate of drug-likeness (QED) is 0.534. The van der Waals surface area contributed by atoms with Crippen LogP contribution in [0.5, 0.6) is 0 Å². The zero-order valence-electron chi connectivity index (χ0n) is 14.1. The zero-order valence-corrected chi connectivity index (χ0v) is 15.3. The minimum atomic E-state index is -0.218. The van der Waals surface area contributed by atoms with Gasteiger partial charge in [0.2, 0.25) is 16.3 Å². The van der Waals surface area contributed by atoms with Crippen LogP contribution in [0.15, 0.2) is 47.8 Å². The van der Waals surface area contributed by atoms with Crippen molar-refractivity contribution in [2.24, 2.45) is 0 Å². The van der Waals surface area contributed by atoms with E-state index in [-0.39, 0.29) is 5.91 Å². The Labute approximate surface area is 154 Å². The molecule has 2 aromatic heterocycles. The van der Waals surface area contributed by atoms with Crippen LogP contribution in [-0.2, 0) is 0 Å². The zero-order chi connectivity index (χ0) is 18.0. The number of amides is 1. The first-order valence-electron chi connectivity index (χ1n) is 7.77. The van der Waals surface area contributed by atoms with Crippen molar-refractivity contribution in [2.75, 3.05) is 23.0 Å². The van der Waals surface area contributed by atoms with Gasteiger partial charge >= 0.3 is 0 Å². The molecule has 3 aromatic rings. The van der Waals surface area contributed by atoms with Crippen LogP contribution in [0.2, 0.25) is 0 Å². The van der Waals surface area contributed by atoms with Gasteiger partial charge < -0.3 is 20.9 Å². The van der Waals surface area contributed by atoms with Crippen LogP contribution < -0.4 is 16.0 Å². The second-order valence-electron chi connectivity index (χ2n) is 5.67. The van der Waals surface area contributed by atoms with Gasteiger partial charge in [-0.1, -0.05) is 17.2 Å². The summed E-state index contributed by atoms with van der Waals surface area (Å²) in [6.07, 6.45) is 3.37. The fourth-order valence-corrected chi connectivity index (χ4v) is 2.83. The summed E-state index contributed by atoms with van der Waals surface area (Å²) >= 11 is 2.50. The van der Waals surface area contributed by atoms with E-state index in [2.05, 4.69) is 48.8 Å². The lowest BCUT2D eigenvalue weighted by atomic mass is 10.1. The van der Waals surface area contributed by atoms with Gasteiger partial charge in [-0.05, 0) is 30.7 Å². The second-order valence-corrected chi connectivity index (χ2v) is 6.37. The normalized spacial score (nSPS) is 10.5. The van der Waals surface area contributed by atoms with E-state index < -0.39 is 0 Å². The van der Waals surface area contributed by atoms with Gasteiger partial charge in [0.1, 0.15) is 5.65 Å². The van der Waals surface area contributed by atoms with Crippen molar-refractivity contribution in [1.29, 1.82) is 0 Å². The van der Waals surface area contributed by atoms with Gasteiger partial charge in [-0.2, -0.15) is 0 Å². The van der Waals surface area contributed by atoms with E-state index in [1.165, 1.54) is 0 Å². The largest absolute Gasteiger partial charge is 0.387 e. The van der Waals surface area contributed by atoms with E-state index in [1.54, 1.807) is 19.4 Å². The number of fused-ring (bicyclic) bond motifs is 1. The molecule has 2 radical (unpaired) electrons. The summed E-state index contributed by atoms with van der Waals surface area (Å²) in [6.45, 7) is 5.75. The number of benzene rings is 1. The second kappa shape index (κ2) is 7.01. The Bertz CT molecular complexity index is 963. The topological polar surface area (TPSA) is 81.8 Å². The summed E-state index contributed by atoms with van der Waals surface area (Å²) in [7, 11) is 1.79. The number of H-pyrrole nitrogens is 1. The highest BCUT2D eigenvalue weighted by Crippen LogP contribution is 2.27. The van der Waals surface area contributed by atoms with Gasteiger partial charge in [-0.3, -0.25) is 4.79 Å². The third-order valence-electron chi connectivity index (χ3n) is 3.87. The van der Waals surface area contributed by atoms with E-state index in [0.29, 0.717) is 5.56 Å². The van der Waals surface area contributed by atoms with Crippen LogP contribution >= 0.6 is 0 Å². The highest BCUT2D eigenvalue weighted by Gasteiger charge is 2.16. The van der Waals surface area contributed by atoms with Gasteiger partial charge in [-0.15, -0.1) is 0 Å². The highest BCUT2D eigenvalue weighted by molar-refractivity contribution is 6.22. The molecular formula is C18H18AlN5O. The molecule has 0 aliphatic carbocycles. The summed E-state index contributed by atoms with van der Waals surface area (Å²) < 4.78 is 0.751. The van der Waals surface area contributed by atoms with Gasteiger partial charge in [0.25, 0.3) is 5.91 Å². The molecule has 1 aromatic carbocycles. The number of aromatic amines is 1. The monoisotopic (exact) mass is 347 g/mol. The lowest BCUT2D eigenvalue weighted by Crippen LogP contribution is -2.15.